The third-order valence-electron chi connectivity index (χ3n) is 2.11. The molecule has 16 heavy (non-hydrogen) atoms. The number of urea groups is 1. The number of nitrogens with one attached hydrogen (secondary N) is 2. The van der Waals surface area contributed by atoms with Gasteiger partial charge in [0.25, 0.3) is 0 Å². The highest BCUT2D eigenvalue weighted by Gasteiger charge is 2.03. The summed E-state index contributed by atoms with van der Waals surface area (Å²) in [6.45, 7) is 0.903. The second-order valence-electron chi connectivity index (χ2n) is 3.32. The van der Waals surface area contributed by atoms with Gasteiger partial charge < -0.3 is 21.5 Å². The summed E-state index contributed by atoms with van der Waals surface area (Å²) in [6.07, 6.45) is 0.548. The largest absolute Gasteiger partial charge is 0.396 e. The molecule has 0 radical (unpaired) electrons. The highest BCUT2D eigenvalue weighted by atomic mass is 16.3. The van der Waals surface area contributed by atoms with Crippen molar-refractivity contribution < 1.29 is 9.90 Å². The van der Waals surface area contributed by atoms with Crippen molar-refractivity contribution in [2.45, 2.75) is 13.0 Å². The van der Waals surface area contributed by atoms with Crippen molar-refractivity contribution in [1.82, 2.24) is 5.32 Å². The van der Waals surface area contributed by atoms with Crippen molar-refractivity contribution in [3.63, 3.8) is 0 Å². The number of hydrogen-bond acceptors (Lipinski definition) is 3. The molecule has 0 aromatic heterocycles. The van der Waals surface area contributed by atoms with E-state index in [2.05, 4.69) is 10.6 Å². The van der Waals surface area contributed by atoms with Gasteiger partial charge in [-0.3, -0.25) is 0 Å². The first-order chi connectivity index (χ1) is 7.77. The Labute approximate surface area is 94.7 Å². The Bertz CT molecular complexity index is 342. The number of anilines is 1. The zero-order valence-electron chi connectivity index (χ0n) is 9.07. The number of aliphatic hydroxyl groups excluding tert-OH is 1. The zero-order chi connectivity index (χ0) is 11.8. The van der Waals surface area contributed by atoms with Gasteiger partial charge in [-0.1, -0.05) is 18.2 Å². The molecule has 1 aromatic rings. The fourth-order valence-electron chi connectivity index (χ4n) is 1.27. The van der Waals surface area contributed by atoms with E-state index in [-0.39, 0.29) is 12.6 Å². The maximum Gasteiger partial charge on any atom is 0.319 e. The van der Waals surface area contributed by atoms with E-state index in [0.29, 0.717) is 25.2 Å². The Morgan fingerprint density at radius 3 is 2.81 bits per heavy atom. The molecule has 5 nitrogen and oxygen atoms in total. The Balaban J connectivity index is 2.49. The number of carbonyl (C=O) groups is 1. The summed E-state index contributed by atoms with van der Waals surface area (Å²) in [5.41, 5.74) is 7.15. The predicted octanol–water partition coefficient (Wildman–Crippen LogP) is 0.649. The quantitative estimate of drug-likeness (QED) is 0.553. The maximum absolute atomic E-state index is 11.4. The lowest BCUT2D eigenvalue weighted by Crippen LogP contribution is -2.30. The number of amides is 2. The van der Waals surface area contributed by atoms with E-state index in [1.807, 2.05) is 18.2 Å². The number of rotatable bonds is 5. The van der Waals surface area contributed by atoms with Gasteiger partial charge in [0.2, 0.25) is 0 Å². The minimum Gasteiger partial charge on any atom is -0.396 e. The lowest BCUT2D eigenvalue weighted by Gasteiger charge is -2.10. The van der Waals surface area contributed by atoms with Crippen molar-refractivity contribution in [2.24, 2.45) is 5.73 Å². The fraction of sp³-hybridized carbons (Fsp3) is 0.364. The molecule has 0 bridgehead atoms. The highest BCUT2D eigenvalue weighted by Crippen LogP contribution is 2.13. The molecule has 0 aliphatic carbocycles. The van der Waals surface area contributed by atoms with Crippen LogP contribution in [0.15, 0.2) is 24.3 Å². The molecule has 0 fully saturated rings. The molecule has 1 aromatic carbocycles. The van der Waals surface area contributed by atoms with Crippen LogP contribution in [-0.2, 0) is 6.54 Å². The van der Waals surface area contributed by atoms with E-state index < -0.39 is 0 Å². The van der Waals surface area contributed by atoms with Crippen LogP contribution in [-0.4, -0.2) is 24.3 Å². The van der Waals surface area contributed by atoms with Crippen LogP contribution in [0.2, 0.25) is 0 Å². The third-order valence-corrected chi connectivity index (χ3v) is 2.11. The predicted molar refractivity (Wildman–Crippen MR) is 63.1 cm³/mol. The molecule has 0 unspecified atom stereocenters. The maximum atomic E-state index is 11.4. The molecule has 0 spiro atoms. The van der Waals surface area contributed by atoms with Crippen molar-refractivity contribution in [3.05, 3.63) is 29.8 Å². The summed E-state index contributed by atoms with van der Waals surface area (Å²) >= 11 is 0. The monoisotopic (exact) mass is 223 g/mol. The lowest BCUT2D eigenvalue weighted by molar-refractivity contribution is 0.249. The fourth-order valence-corrected chi connectivity index (χ4v) is 1.27. The number of carbonyl (C=O) groups excluding carboxylic acids is 1. The Morgan fingerprint density at radius 2 is 2.12 bits per heavy atom. The van der Waals surface area contributed by atoms with Crippen molar-refractivity contribution in [1.29, 1.82) is 0 Å². The summed E-state index contributed by atoms with van der Waals surface area (Å²) in [4.78, 5) is 11.4. The van der Waals surface area contributed by atoms with Gasteiger partial charge in [-0.05, 0) is 18.1 Å². The number of nitrogens with two attached hydrogens (primary N) is 1. The van der Waals surface area contributed by atoms with E-state index in [9.17, 15) is 4.79 Å². The molecule has 0 atom stereocenters. The topological polar surface area (TPSA) is 87.4 Å². The van der Waals surface area contributed by atoms with Crippen molar-refractivity contribution in [2.75, 3.05) is 18.5 Å². The van der Waals surface area contributed by atoms with Gasteiger partial charge in [0, 0.05) is 25.4 Å². The van der Waals surface area contributed by atoms with E-state index in [1.54, 1.807) is 6.07 Å². The Hall–Kier alpha value is -1.59. The minimum absolute atomic E-state index is 0.0691. The average molecular weight is 223 g/mol. The van der Waals surface area contributed by atoms with Crippen LogP contribution in [0, 0.1) is 0 Å². The van der Waals surface area contributed by atoms with Crippen molar-refractivity contribution >= 4 is 11.7 Å². The second kappa shape index (κ2) is 6.81. The second-order valence-corrected chi connectivity index (χ2v) is 3.32. The first-order valence-electron chi connectivity index (χ1n) is 5.21. The number of hydrogen-bond donors (Lipinski definition) is 4. The van der Waals surface area contributed by atoms with Crippen LogP contribution >= 0.6 is 0 Å². The van der Waals surface area contributed by atoms with E-state index in [0.717, 1.165) is 5.56 Å². The Morgan fingerprint density at radius 1 is 1.38 bits per heavy atom. The molecule has 2 amide bonds. The van der Waals surface area contributed by atoms with Gasteiger partial charge in [-0.25, -0.2) is 4.79 Å². The number of aliphatic hydroxyl groups is 1. The molecular formula is C11H17N3O2. The number of para-hydroxylation sites is 1. The summed E-state index contributed by atoms with van der Waals surface area (Å²) in [7, 11) is 0. The van der Waals surface area contributed by atoms with Gasteiger partial charge in [-0.15, -0.1) is 0 Å². The van der Waals surface area contributed by atoms with Crippen LogP contribution in [0.3, 0.4) is 0 Å². The standard InChI is InChI=1S/C11H17N3O2/c12-8-9-4-1-2-5-10(9)14-11(16)13-6-3-7-15/h1-2,4-5,15H,3,6-8,12H2,(H2,13,14,16). The molecule has 0 aliphatic rings. The Kier molecular flexibility index (Phi) is 5.31. The molecular weight excluding hydrogens is 206 g/mol. The van der Waals surface area contributed by atoms with E-state index in [4.69, 9.17) is 10.8 Å². The molecule has 0 heterocycles. The number of benzene rings is 1. The molecule has 0 aliphatic heterocycles. The SMILES string of the molecule is NCc1ccccc1NC(=O)NCCCO. The molecule has 88 valence electrons. The zero-order valence-corrected chi connectivity index (χ0v) is 9.07. The van der Waals surface area contributed by atoms with Crippen LogP contribution in [0.5, 0.6) is 0 Å². The molecule has 0 saturated carbocycles. The summed E-state index contributed by atoms with van der Waals surface area (Å²) < 4.78 is 0. The summed E-state index contributed by atoms with van der Waals surface area (Å²) in [5, 5.41) is 13.9. The molecule has 0 saturated heterocycles. The summed E-state index contributed by atoms with van der Waals surface area (Å²) in [5.74, 6) is 0. The average Bonchev–Trinajstić information content (AvgIpc) is 2.30. The first-order valence-corrected chi connectivity index (χ1v) is 5.21. The van der Waals surface area contributed by atoms with Gasteiger partial charge in [0.1, 0.15) is 0 Å². The third kappa shape index (κ3) is 3.88. The van der Waals surface area contributed by atoms with Crippen LogP contribution in [0.25, 0.3) is 0 Å². The van der Waals surface area contributed by atoms with Crippen LogP contribution < -0.4 is 16.4 Å². The van der Waals surface area contributed by atoms with E-state index in [1.165, 1.54) is 0 Å². The molecule has 1 rings (SSSR count). The normalized spacial score (nSPS) is 9.88. The molecule has 5 N–H and O–H groups in total. The molecule has 5 heteroatoms. The van der Waals surface area contributed by atoms with Gasteiger partial charge in [0.05, 0.1) is 0 Å². The summed E-state index contributed by atoms with van der Waals surface area (Å²) in [6, 6.07) is 7.09. The van der Waals surface area contributed by atoms with Crippen LogP contribution in [0.1, 0.15) is 12.0 Å². The van der Waals surface area contributed by atoms with Gasteiger partial charge >= 0.3 is 6.03 Å². The van der Waals surface area contributed by atoms with E-state index >= 15 is 0 Å². The van der Waals surface area contributed by atoms with Crippen molar-refractivity contribution in [3.8, 4) is 0 Å². The van der Waals surface area contributed by atoms with Gasteiger partial charge in [0.15, 0.2) is 0 Å². The first kappa shape index (κ1) is 12.5. The highest BCUT2D eigenvalue weighted by molar-refractivity contribution is 5.90. The van der Waals surface area contributed by atoms with Gasteiger partial charge in [-0.2, -0.15) is 0 Å². The van der Waals surface area contributed by atoms with Crippen LogP contribution in [0.4, 0.5) is 10.5 Å². The minimum atomic E-state index is -0.283. The lowest BCUT2D eigenvalue weighted by atomic mass is 10.2. The smallest absolute Gasteiger partial charge is 0.319 e.